The number of halogens is 2. The molecule has 0 fully saturated rings. The van der Waals surface area contributed by atoms with Crippen molar-refractivity contribution in [1.82, 2.24) is 4.98 Å². The van der Waals surface area contributed by atoms with Gasteiger partial charge in [-0.25, -0.2) is 13.4 Å². The molecule has 0 aliphatic carbocycles. The van der Waals surface area contributed by atoms with Crippen LogP contribution in [-0.4, -0.2) is 13.4 Å². The molecule has 0 atom stereocenters. The highest BCUT2D eigenvalue weighted by molar-refractivity contribution is 9.10. The fourth-order valence-corrected chi connectivity index (χ4v) is 3.26. The van der Waals surface area contributed by atoms with Crippen LogP contribution in [0, 0.1) is 0 Å². The maximum absolute atomic E-state index is 12.1. The number of benzene rings is 1. The molecule has 5 nitrogen and oxygen atoms in total. The Labute approximate surface area is 130 Å². The smallest absolute Gasteiger partial charge is 0.237 e. The molecule has 1 aromatic carbocycles. The molecule has 2 aromatic rings. The van der Waals surface area contributed by atoms with Gasteiger partial charge in [0.05, 0.1) is 11.4 Å². The second-order valence-electron chi connectivity index (χ2n) is 4.09. The Balaban J connectivity index is 2.19. The van der Waals surface area contributed by atoms with E-state index in [1.165, 1.54) is 6.20 Å². The van der Waals surface area contributed by atoms with Crippen LogP contribution in [-0.2, 0) is 15.8 Å². The summed E-state index contributed by atoms with van der Waals surface area (Å²) in [6.45, 7) is 0. The zero-order valence-corrected chi connectivity index (χ0v) is 13.3. The lowest BCUT2D eigenvalue weighted by Crippen LogP contribution is -2.15. The molecule has 0 bridgehead atoms. The van der Waals surface area contributed by atoms with Gasteiger partial charge in [-0.05, 0) is 39.7 Å². The van der Waals surface area contributed by atoms with E-state index in [-0.39, 0.29) is 16.6 Å². The van der Waals surface area contributed by atoms with Crippen LogP contribution in [0.3, 0.4) is 0 Å². The van der Waals surface area contributed by atoms with Crippen molar-refractivity contribution in [3.05, 3.63) is 51.7 Å². The van der Waals surface area contributed by atoms with E-state index in [0.29, 0.717) is 15.7 Å². The zero-order valence-electron chi connectivity index (χ0n) is 10.2. The van der Waals surface area contributed by atoms with Crippen molar-refractivity contribution in [3.8, 4) is 0 Å². The van der Waals surface area contributed by atoms with E-state index in [1.54, 1.807) is 30.3 Å². The van der Waals surface area contributed by atoms with Gasteiger partial charge in [0.2, 0.25) is 10.0 Å². The number of nitrogens with two attached hydrogens (primary N) is 1. The van der Waals surface area contributed by atoms with E-state index < -0.39 is 10.0 Å². The van der Waals surface area contributed by atoms with Crippen molar-refractivity contribution in [1.29, 1.82) is 0 Å². The third kappa shape index (κ3) is 4.09. The van der Waals surface area contributed by atoms with Crippen molar-refractivity contribution in [2.75, 3.05) is 10.5 Å². The number of rotatable bonds is 4. The van der Waals surface area contributed by atoms with E-state index in [9.17, 15) is 8.42 Å². The van der Waals surface area contributed by atoms with Gasteiger partial charge < -0.3 is 5.73 Å². The second-order valence-corrected chi connectivity index (χ2v) is 7.09. The first-order valence-electron chi connectivity index (χ1n) is 5.52. The van der Waals surface area contributed by atoms with Crippen LogP contribution in [0.4, 0.5) is 11.4 Å². The molecule has 1 aromatic heterocycles. The number of sulfonamides is 1. The molecule has 0 spiro atoms. The molecule has 8 heteroatoms. The summed E-state index contributed by atoms with van der Waals surface area (Å²) in [6.07, 6.45) is 1.49. The average Bonchev–Trinajstić information content (AvgIpc) is 2.36. The van der Waals surface area contributed by atoms with Gasteiger partial charge in [-0.15, -0.1) is 0 Å². The van der Waals surface area contributed by atoms with Gasteiger partial charge in [0.15, 0.2) is 5.15 Å². The van der Waals surface area contributed by atoms with E-state index in [0.717, 1.165) is 0 Å². The first kappa shape index (κ1) is 15.1. The quantitative estimate of drug-likeness (QED) is 0.634. The van der Waals surface area contributed by atoms with E-state index in [4.69, 9.17) is 17.3 Å². The molecule has 0 aliphatic rings. The third-order valence-corrected chi connectivity index (χ3v) is 4.39. The van der Waals surface area contributed by atoms with Gasteiger partial charge >= 0.3 is 0 Å². The Kier molecular flexibility index (Phi) is 4.52. The summed E-state index contributed by atoms with van der Waals surface area (Å²) in [5, 5.41) is 0.0917. The van der Waals surface area contributed by atoms with Crippen molar-refractivity contribution < 1.29 is 8.42 Å². The van der Waals surface area contributed by atoms with Gasteiger partial charge in [0, 0.05) is 16.4 Å². The lowest BCUT2D eigenvalue weighted by Gasteiger charge is -2.09. The number of aromatic nitrogens is 1. The van der Waals surface area contributed by atoms with Crippen molar-refractivity contribution >= 4 is 48.9 Å². The second kappa shape index (κ2) is 5.99. The molecule has 20 heavy (non-hydrogen) atoms. The van der Waals surface area contributed by atoms with Crippen LogP contribution in [0.2, 0.25) is 5.15 Å². The third-order valence-electron chi connectivity index (χ3n) is 2.41. The number of anilines is 2. The zero-order chi connectivity index (χ0) is 14.8. The first-order chi connectivity index (χ1) is 9.35. The molecule has 0 aliphatic heterocycles. The van der Waals surface area contributed by atoms with Crippen molar-refractivity contribution in [2.24, 2.45) is 0 Å². The Bertz CT molecular complexity index is 720. The maximum atomic E-state index is 12.1. The van der Waals surface area contributed by atoms with Crippen LogP contribution in [0.15, 0.2) is 41.0 Å². The Morgan fingerprint density at radius 2 is 1.95 bits per heavy atom. The molecule has 106 valence electrons. The largest absolute Gasteiger partial charge is 0.399 e. The lowest BCUT2D eigenvalue weighted by atomic mass is 10.2. The first-order valence-corrected chi connectivity index (χ1v) is 8.34. The summed E-state index contributed by atoms with van der Waals surface area (Å²) in [6, 6.07) is 8.18. The minimum atomic E-state index is -3.58. The summed E-state index contributed by atoms with van der Waals surface area (Å²) in [4.78, 5) is 3.86. The molecule has 0 saturated carbocycles. The molecule has 0 amide bonds. The minimum absolute atomic E-state index is 0.0917. The predicted octanol–water partition coefficient (Wildman–Crippen LogP) is 3.02. The summed E-state index contributed by atoms with van der Waals surface area (Å²) in [5.74, 6) is -0.171. The van der Waals surface area contributed by atoms with E-state index >= 15 is 0 Å². The van der Waals surface area contributed by atoms with Crippen molar-refractivity contribution in [2.45, 2.75) is 5.75 Å². The molecule has 0 unspecified atom stereocenters. The fraction of sp³-hybridized carbons (Fsp3) is 0.0833. The molecule has 2 rings (SSSR count). The Morgan fingerprint density at radius 1 is 1.30 bits per heavy atom. The number of nitrogen functional groups attached to an aromatic ring is 1. The number of pyridine rings is 1. The van der Waals surface area contributed by atoms with Crippen LogP contribution in [0.25, 0.3) is 0 Å². The van der Waals surface area contributed by atoms with E-state index in [1.807, 2.05) is 0 Å². The Hall–Kier alpha value is -1.31. The fourth-order valence-electron chi connectivity index (χ4n) is 1.53. The summed E-state index contributed by atoms with van der Waals surface area (Å²) in [7, 11) is -3.58. The lowest BCUT2D eigenvalue weighted by molar-refractivity contribution is 0.600. The topological polar surface area (TPSA) is 85.1 Å². The van der Waals surface area contributed by atoms with Gasteiger partial charge in [-0.2, -0.15) is 0 Å². The number of nitrogens with zero attached hydrogens (tertiary/aromatic N) is 1. The SMILES string of the molecule is Nc1ccc(CS(=O)(=O)Nc2cc(Br)cnc2Cl)cc1. The van der Waals surface area contributed by atoms with Crippen molar-refractivity contribution in [3.63, 3.8) is 0 Å². The average molecular weight is 377 g/mol. The molecule has 0 saturated heterocycles. The van der Waals surface area contributed by atoms with Gasteiger partial charge in [0.1, 0.15) is 0 Å². The predicted molar refractivity (Wildman–Crippen MR) is 84.0 cm³/mol. The van der Waals surface area contributed by atoms with Crippen LogP contribution >= 0.6 is 27.5 Å². The van der Waals surface area contributed by atoms with Crippen LogP contribution in [0.1, 0.15) is 5.56 Å². The van der Waals surface area contributed by atoms with Crippen LogP contribution < -0.4 is 10.5 Å². The Morgan fingerprint density at radius 3 is 2.60 bits per heavy atom. The van der Waals surface area contributed by atoms with Gasteiger partial charge in [-0.3, -0.25) is 4.72 Å². The summed E-state index contributed by atoms with van der Waals surface area (Å²) < 4.78 is 27.2. The standard InChI is InChI=1S/C12H11BrClN3O2S/c13-9-5-11(12(14)16-6-9)17-20(18,19)7-8-1-3-10(15)4-2-8/h1-6,17H,7,15H2. The maximum Gasteiger partial charge on any atom is 0.237 e. The molecular weight excluding hydrogens is 366 g/mol. The number of nitrogens with one attached hydrogen (secondary N) is 1. The highest BCUT2D eigenvalue weighted by Crippen LogP contribution is 2.24. The summed E-state index contributed by atoms with van der Waals surface area (Å²) >= 11 is 9.06. The van der Waals surface area contributed by atoms with E-state index in [2.05, 4.69) is 25.6 Å². The minimum Gasteiger partial charge on any atom is -0.399 e. The highest BCUT2D eigenvalue weighted by Gasteiger charge is 2.14. The number of hydrogen-bond donors (Lipinski definition) is 2. The van der Waals surface area contributed by atoms with Gasteiger partial charge in [0.25, 0.3) is 0 Å². The molecule has 1 heterocycles. The highest BCUT2D eigenvalue weighted by atomic mass is 79.9. The van der Waals surface area contributed by atoms with Gasteiger partial charge in [-0.1, -0.05) is 23.7 Å². The monoisotopic (exact) mass is 375 g/mol. The normalized spacial score (nSPS) is 11.3. The molecule has 3 N–H and O–H groups in total. The van der Waals surface area contributed by atoms with Crippen LogP contribution in [0.5, 0.6) is 0 Å². The number of hydrogen-bond acceptors (Lipinski definition) is 4. The molecular formula is C12H11BrClN3O2S. The molecule has 0 radical (unpaired) electrons. The summed E-state index contributed by atoms with van der Waals surface area (Å²) in [5.41, 5.74) is 7.00.